The predicted molar refractivity (Wildman–Crippen MR) is 57.2 cm³/mol. The molecule has 0 saturated heterocycles. The first-order chi connectivity index (χ1) is 7.75. The molecule has 0 fully saturated rings. The molecule has 1 aliphatic heterocycles. The largest absolute Gasteiger partial charge is 0.480 e. The number of guanidine groups is 1. The van der Waals surface area contributed by atoms with Gasteiger partial charge < -0.3 is 20.7 Å². The summed E-state index contributed by atoms with van der Waals surface area (Å²) in [5.74, 6) is -0.363. The zero-order valence-corrected chi connectivity index (χ0v) is 8.60. The van der Waals surface area contributed by atoms with Crippen LogP contribution in [0.5, 0.6) is 0 Å². The number of carbonyl (C=O) groups is 1. The molecule has 0 aliphatic carbocycles. The first-order valence-corrected chi connectivity index (χ1v) is 5.00. The highest BCUT2D eigenvalue weighted by molar-refractivity contribution is 5.86. The predicted octanol–water partition coefficient (Wildman–Crippen LogP) is -1.05. The number of hydrogen-bond acceptors (Lipinski definition) is 5. The maximum Gasteiger partial charge on any atom is 0.326 e. The number of H-pyrrole nitrogens is 1. The van der Waals surface area contributed by atoms with Crippen LogP contribution in [0.15, 0.2) is 17.5 Å². The van der Waals surface area contributed by atoms with Crippen molar-refractivity contribution in [1.82, 2.24) is 20.6 Å². The fraction of sp³-hybridized carbons (Fsp3) is 0.444. The molecule has 1 aromatic rings. The number of aliphatic carboxylic acids is 1. The molecule has 0 saturated carbocycles. The highest BCUT2D eigenvalue weighted by Crippen LogP contribution is 1.99. The van der Waals surface area contributed by atoms with Crippen LogP contribution in [0.25, 0.3) is 0 Å². The molecular weight excluding hydrogens is 210 g/mol. The van der Waals surface area contributed by atoms with Gasteiger partial charge in [-0.25, -0.2) is 9.78 Å². The summed E-state index contributed by atoms with van der Waals surface area (Å²) < 4.78 is 0. The smallest absolute Gasteiger partial charge is 0.326 e. The van der Waals surface area contributed by atoms with Gasteiger partial charge in [-0.15, -0.1) is 0 Å². The zero-order valence-electron chi connectivity index (χ0n) is 8.60. The second-order valence-electron chi connectivity index (χ2n) is 3.47. The second-order valence-corrected chi connectivity index (χ2v) is 3.47. The Labute approximate surface area is 92.0 Å². The number of carboxylic acids is 1. The molecule has 0 unspecified atom stereocenters. The van der Waals surface area contributed by atoms with Crippen molar-refractivity contribution in [2.45, 2.75) is 12.5 Å². The molecule has 0 bridgehead atoms. The van der Waals surface area contributed by atoms with Crippen molar-refractivity contribution in [1.29, 1.82) is 0 Å². The Bertz CT molecular complexity index is 387. The molecule has 7 nitrogen and oxygen atoms in total. The lowest BCUT2D eigenvalue weighted by Gasteiger charge is -2.14. The minimum Gasteiger partial charge on any atom is -0.480 e. The second kappa shape index (κ2) is 4.65. The Hall–Kier alpha value is -2.05. The van der Waals surface area contributed by atoms with Gasteiger partial charge in [0.15, 0.2) is 5.96 Å². The third-order valence-electron chi connectivity index (χ3n) is 2.26. The van der Waals surface area contributed by atoms with Crippen molar-refractivity contribution in [2.75, 3.05) is 13.1 Å². The van der Waals surface area contributed by atoms with Crippen LogP contribution in [-0.4, -0.2) is 46.1 Å². The Morgan fingerprint density at radius 3 is 3.12 bits per heavy atom. The molecule has 86 valence electrons. The van der Waals surface area contributed by atoms with Crippen LogP contribution in [0.1, 0.15) is 5.69 Å². The van der Waals surface area contributed by atoms with Gasteiger partial charge in [0.05, 0.1) is 12.9 Å². The molecule has 1 aliphatic rings. The molecule has 2 heterocycles. The molecule has 0 spiro atoms. The Balaban J connectivity index is 1.97. The molecule has 1 aromatic heterocycles. The number of nitrogens with one attached hydrogen (secondary N) is 3. The number of hydrogen-bond donors (Lipinski definition) is 4. The summed E-state index contributed by atoms with van der Waals surface area (Å²) in [4.78, 5) is 21.8. The lowest BCUT2D eigenvalue weighted by Crippen LogP contribution is -2.46. The van der Waals surface area contributed by atoms with E-state index in [0.29, 0.717) is 18.9 Å². The van der Waals surface area contributed by atoms with Crippen molar-refractivity contribution in [3.05, 3.63) is 18.2 Å². The lowest BCUT2D eigenvalue weighted by molar-refractivity contribution is -0.139. The molecule has 0 aromatic carbocycles. The fourth-order valence-electron chi connectivity index (χ4n) is 1.48. The van der Waals surface area contributed by atoms with Gasteiger partial charge >= 0.3 is 5.97 Å². The van der Waals surface area contributed by atoms with E-state index in [1.54, 1.807) is 6.20 Å². The van der Waals surface area contributed by atoms with Crippen LogP contribution in [0.4, 0.5) is 0 Å². The van der Waals surface area contributed by atoms with E-state index in [1.807, 2.05) is 0 Å². The van der Waals surface area contributed by atoms with Crippen LogP contribution < -0.4 is 10.6 Å². The Morgan fingerprint density at radius 2 is 2.56 bits per heavy atom. The van der Waals surface area contributed by atoms with Crippen molar-refractivity contribution in [3.8, 4) is 0 Å². The quantitative estimate of drug-likeness (QED) is 0.522. The summed E-state index contributed by atoms with van der Waals surface area (Å²) in [6.07, 6.45) is 3.48. The zero-order chi connectivity index (χ0) is 11.4. The first kappa shape index (κ1) is 10.5. The van der Waals surface area contributed by atoms with Gasteiger partial charge in [0.1, 0.15) is 6.04 Å². The molecular formula is C9H13N5O2. The number of rotatable bonds is 4. The van der Waals surface area contributed by atoms with E-state index in [2.05, 4.69) is 25.6 Å². The number of nitrogens with zero attached hydrogens (tertiary/aromatic N) is 2. The minimum atomic E-state index is -0.911. The standard InChI is InChI=1S/C9H13N5O2/c15-8(16)7(3-6-4-10-5-13-6)14-9-11-1-2-12-9/h4-5,7H,1-3H2,(H,10,13)(H,15,16)(H2,11,12,14)/t7-/m0/s1. The van der Waals surface area contributed by atoms with Gasteiger partial charge in [0, 0.05) is 24.9 Å². The van der Waals surface area contributed by atoms with Crippen LogP contribution in [0.2, 0.25) is 0 Å². The van der Waals surface area contributed by atoms with E-state index < -0.39 is 12.0 Å². The molecule has 4 N–H and O–H groups in total. The summed E-state index contributed by atoms with van der Waals surface area (Å²) in [6, 6.07) is -0.704. The van der Waals surface area contributed by atoms with Crippen LogP contribution in [-0.2, 0) is 11.2 Å². The van der Waals surface area contributed by atoms with Crippen LogP contribution >= 0.6 is 0 Å². The summed E-state index contributed by atoms with van der Waals surface area (Å²) in [6.45, 7) is 1.43. The normalized spacial score (nSPS) is 16.4. The first-order valence-electron chi connectivity index (χ1n) is 5.00. The Morgan fingerprint density at radius 1 is 1.69 bits per heavy atom. The van der Waals surface area contributed by atoms with E-state index >= 15 is 0 Å². The van der Waals surface area contributed by atoms with Crippen molar-refractivity contribution < 1.29 is 9.90 Å². The molecule has 1 atom stereocenters. The van der Waals surface area contributed by atoms with Crippen molar-refractivity contribution in [3.63, 3.8) is 0 Å². The number of imidazole rings is 1. The highest BCUT2D eigenvalue weighted by atomic mass is 16.4. The summed E-state index contributed by atoms with van der Waals surface area (Å²) in [5, 5.41) is 14.9. The van der Waals surface area contributed by atoms with Crippen LogP contribution in [0, 0.1) is 0 Å². The molecule has 0 amide bonds. The van der Waals surface area contributed by atoms with Crippen LogP contribution in [0.3, 0.4) is 0 Å². The number of aromatic amines is 1. The number of carboxylic acid groups (broad SMARTS) is 1. The molecule has 0 radical (unpaired) electrons. The third kappa shape index (κ3) is 2.50. The summed E-state index contributed by atoms with van der Waals surface area (Å²) in [7, 11) is 0. The fourth-order valence-corrected chi connectivity index (χ4v) is 1.48. The topological polar surface area (TPSA) is 102 Å². The van der Waals surface area contributed by atoms with Gasteiger partial charge in [-0.3, -0.25) is 4.99 Å². The molecule has 7 heteroatoms. The van der Waals surface area contributed by atoms with E-state index in [9.17, 15) is 4.79 Å². The van der Waals surface area contributed by atoms with Gasteiger partial charge in [-0.05, 0) is 0 Å². The third-order valence-corrected chi connectivity index (χ3v) is 2.26. The van der Waals surface area contributed by atoms with Gasteiger partial charge in [0.25, 0.3) is 0 Å². The van der Waals surface area contributed by atoms with Gasteiger partial charge in [0.2, 0.25) is 0 Å². The van der Waals surface area contributed by atoms with Gasteiger partial charge in [-0.1, -0.05) is 0 Å². The average Bonchev–Trinajstić information content (AvgIpc) is 2.88. The van der Waals surface area contributed by atoms with E-state index in [-0.39, 0.29) is 0 Å². The van der Waals surface area contributed by atoms with Crippen molar-refractivity contribution in [2.24, 2.45) is 4.99 Å². The SMILES string of the molecule is O=C(O)[C@H](Cc1cnc[nH]1)NC1=NCCN1. The lowest BCUT2D eigenvalue weighted by atomic mass is 10.2. The molecule has 2 rings (SSSR count). The van der Waals surface area contributed by atoms with E-state index in [0.717, 1.165) is 12.2 Å². The average molecular weight is 223 g/mol. The minimum absolute atomic E-state index is 0.343. The molecule has 16 heavy (non-hydrogen) atoms. The van der Waals surface area contributed by atoms with E-state index in [1.165, 1.54) is 6.33 Å². The number of aliphatic imine (C=N–C) groups is 1. The summed E-state index contributed by atoms with van der Waals surface area (Å²) >= 11 is 0. The monoisotopic (exact) mass is 223 g/mol. The maximum absolute atomic E-state index is 11.0. The summed E-state index contributed by atoms with van der Waals surface area (Å²) in [5.41, 5.74) is 0.776. The van der Waals surface area contributed by atoms with E-state index in [4.69, 9.17) is 5.11 Å². The Kier molecular flexibility index (Phi) is 3.04. The maximum atomic E-state index is 11.0. The van der Waals surface area contributed by atoms with Gasteiger partial charge in [-0.2, -0.15) is 0 Å². The highest BCUT2D eigenvalue weighted by Gasteiger charge is 2.20. The number of aromatic nitrogens is 2. The van der Waals surface area contributed by atoms with Crippen molar-refractivity contribution >= 4 is 11.9 Å².